The Morgan fingerprint density at radius 3 is 2.79 bits per heavy atom. The van der Waals surface area contributed by atoms with Crippen LogP contribution in [0.25, 0.3) is 0 Å². The van der Waals surface area contributed by atoms with E-state index in [0.29, 0.717) is 22.9 Å². The minimum atomic E-state index is -0.196. The average Bonchev–Trinajstić information content (AvgIpc) is 2.79. The third-order valence-electron chi connectivity index (χ3n) is 3.22. The van der Waals surface area contributed by atoms with Crippen LogP contribution in [0.1, 0.15) is 42.9 Å². The molecule has 1 atom stereocenters. The van der Waals surface area contributed by atoms with E-state index in [-0.39, 0.29) is 17.9 Å². The number of aliphatic hydroxyl groups excluding tert-OH is 1. The molecule has 0 aliphatic carbocycles. The van der Waals surface area contributed by atoms with Gasteiger partial charge in [0, 0.05) is 12.1 Å². The van der Waals surface area contributed by atoms with Gasteiger partial charge in [0.05, 0.1) is 0 Å². The first-order chi connectivity index (χ1) is 8.86. The average molecular weight is 279 g/mol. The van der Waals surface area contributed by atoms with E-state index in [1.54, 1.807) is 6.07 Å². The van der Waals surface area contributed by atoms with Crippen LogP contribution in [0.5, 0.6) is 0 Å². The Hall–Kier alpha value is -1.31. The zero-order chi connectivity index (χ0) is 14.5. The normalized spacial score (nSPS) is 12.5. The van der Waals surface area contributed by atoms with Crippen molar-refractivity contribution in [3.63, 3.8) is 0 Å². The minimum Gasteiger partial charge on any atom is -0.384 e. The molecule has 0 saturated heterocycles. The zero-order valence-electron chi connectivity index (χ0n) is 11.9. The summed E-state index contributed by atoms with van der Waals surface area (Å²) >= 11 is 1.37. The number of amides is 1. The second kappa shape index (κ2) is 6.74. The predicted octanol–water partition coefficient (Wildman–Crippen LogP) is 2.50. The largest absolute Gasteiger partial charge is 0.384 e. The van der Waals surface area contributed by atoms with Crippen LogP contribution in [0.4, 0.5) is 0 Å². The standard InChI is InChI=1S/C15H21NO2S/c1-11(15(2,3)4)10-16-14(18)13-12(6-5-8-17)7-9-19-13/h7,9,11,17H,8,10H2,1-4H3,(H,16,18). The second-order valence-electron chi connectivity index (χ2n) is 5.60. The Balaban J connectivity index is 2.67. The van der Waals surface area contributed by atoms with Crippen LogP contribution in [-0.4, -0.2) is 24.2 Å². The quantitative estimate of drug-likeness (QED) is 0.835. The number of aliphatic hydroxyl groups is 1. The lowest BCUT2D eigenvalue weighted by Crippen LogP contribution is -2.33. The molecule has 4 heteroatoms. The molecular weight excluding hydrogens is 258 g/mol. The highest BCUT2D eigenvalue weighted by Gasteiger charge is 2.21. The molecule has 1 aromatic heterocycles. The molecular formula is C15H21NO2S. The Morgan fingerprint density at radius 1 is 1.53 bits per heavy atom. The summed E-state index contributed by atoms with van der Waals surface area (Å²) in [5.74, 6) is 5.66. The zero-order valence-corrected chi connectivity index (χ0v) is 12.7. The van der Waals surface area contributed by atoms with E-state index >= 15 is 0 Å². The smallest absolute Gasteiger partial charge is 0.262 e. The molecule has 0 radical (unpaired) electrons. The molecule has 104 valence electrons. The highest BCUT2D eigenvalue weighted by Crippen LogP contribution is 2.24. The fourth-order valence-electron chi connectivity index (χ4n) is 1.35. The summed E-state index contributed by atoms with van der Waals surface area (Å²) in [4.78, 5) is 12.7. The molecule has 0 spiro atoms. The van der Waals surface area contributed by atoms with E-state index in [1.165, 1.54) is 11.3 Å². The lowest BCUT2D eigenvalue weighted by molar-refractivity contribution is 0.0941. The van der Waals surface area contributed by atoms with Gasteiger partial charge in [0.1, 0.15) is 11.5 Å². The molecule has 1 amide bonds. The molecule has 1 unspecified atom stereocenters. The molecule has 0 aromatic carbocycles. The monoisotopic (exact) mass is 279 g/mol. The Kier molecular flexibility index (Phi) is 5.59. The van der Waals surface area contributed by atoms with E-state index in [0.717, 1.165) is 0 Å². The maximum atomic E-state index is 12.1. The summed E-state index contributed by atoms with van der Waals surface area (Å²) in [6.07, 6.45) is 0. The van der Waals surface area contributed by atoms with Crippen LogP contribution in [0.2, 0.25) is 0 Å². The van der Waals surface area contributed by atoms with Gasteiger partial charge in [0.15, 0.2) is 0 Å². The van der Waals surface area contributed by atoms with Crippen molar-refractivity contribution in [1.82, 2.24) is 5.32 Å². The lowest BCUT2D eigenvalue weighted by Gasteiger charge is -2.27. The summed E-state index contributed by atoms with van der Waals surface area (Å²) in [5.41, 5.74) is 0.849. The number of rotatable bonds is 3. The van der Waals surface area contributed by atoms with Crippen molar-refractivity contribution in [1.29, 1.82) is 0 Å². The summed E-state index contributed by atoms with van der Waals surface area (Å²) in [5, 5.41) is 13.5. The third-order valence-corrected chi connectivity index (χ3v) is 4.13. The molecule has 2 N–H and O–H groups in total. The maximum absolute atomic E-state index is 12.1. The van der Waals surface area contributed by atoms with Gasteiger partial charge in [0.2, 0.25) is 0 Å². The van der Waals surface area contributed by atoms with Crippen molar-refractivity contribution in [3.05, 3.63) is 21.9 Å². The summed E-state index contributed by atoms with van der Waals surface area (Å²) in [6.45, 7) is 9.06. The number of hydrogen-bond donors (Lipinski definition) is 2. The Morgan fingerprint density at radius 2 is 2.21 bits per heavy atom. The fraction of sp³-hybridized carbons (Fsp3) is 0.533. The number of thiophene rings is 1. The topological polar surface area (TPSA) is 49.3 Å². The number of nitrogens with one attached hydrogen (secondary N) is 1. The van der Waals surface area contributed by atoms with Crippen LogP contribution in [0.3, 0.4) is 0 Å². The first kappa shape index (κ1) is 15.7. The highest BCUT2D eigenvalue weighted by atomic mass is 32.1. The second-order valence-corrected chi connectivity index (χ2v) is 6.52. The molecule has 0 saturated carbocycles. The van der Waals surface area contributed by atoms with E-state index in [9.17, 15) is 4.79 Å². The number of carbonyl (C=O) groups is 1. The van der Waals surface area contributed by atoms with Gasteiger partial charge in [-0.1, -0.05) is 39.5 Å². The highest BCUT2D eigenvalue weighted by molar-refractivity contribution is 7.12. The third kappa shape index (κ3) is 4.70. The van der Waals surface area contributed by atoms with Gasteiger partial charge in [0.25, 0.3) is 5.91 Å². The van der Waals surface area contributed by atoms with Gasteiger partial charge in [-0.2, -0.15) is 0 Å². The van der Waals surface area contributed by atoms with E-state index < -0.39 is 0 Å². The van der Waals surface area contributed by atoms with Crippen molar-refractivity contribution in [2.45, 2.75) is 27.7 Å². The maximum Gasteiger partial charge on any atom is 0.262 e. The molecule has 1 heterocycles. The number of hydrogen-bond acceptors (Lipinski definition) is 3. The van der Waals surface area contributed by atoms with Gasteiger partial charge >= 0.3 is 0 Å². The summed E-state index contributed by atoms with van der Waals surface area (Å²) in [7, 11) is 0. The first-order valence-corrected chi connectivity index (χ1v) is 7.19. The summed E-state index contributed by atoms with van der Waals surface area (Å²) in [6, 6.07) is 1.80. The molecule has 0 fully saturated rings. The molecule has 0 aliphatic rings. The van der Waals surface area contributed by atoms with Crippen molar-refractivity contribution < 1.29 is 9.90 Å². The first-order valence-electron chi connectivity index (χ1n) is 6.31. The van der Waals surface area contributed by atoms with Gasteiger partial charge in [-0.05, 0) is 22.8 Å². The van der Waals surface area contributed by atoms with Crippen molar-refractivity contribution in [3.8, 4) is 11.8 Å². The van der Waals surface area contributed by atoms with E-state index in [2.05, 4.69) is 44.9 Å². The lowest BCUT2D eigenvalue weighted by atomic mass is 9.82. The molecule has 1 rings (SSSR count). The van der Waals surface area contributed by atoms with Crippen molar-refractivity contribution in [2.24, 2.45) is 11.3 Å². The van der Waals surface area contributed by atoms with Gasteiger partial charge in [-0.3, -0.25) is 4.79 Å². The Labute approximate surface area is 119 Å². The van der Waals surface area contributed by atoms with Gasteiger partial charge in [-0.25, -0.2) is 0 Å². The van der Waals surface area contributed by atoms with Crippen LogP contribution >= 0.6 is 11.3 Å². The van der Waals surface area contributed by atoms with Crippen molar-refractivity contribution >= 4 is 17.2 Å². The van der Waals surface area contributed by atoms with Crippen molar-refractivity contribution in [2.75, 3.05) is 13.2 Å². The predicted molar refractivity (Wildman–Crippen MR) is 79.2 cm³/mol. The van der Waals surface area contributed by atoms with Crippen LogP contribution in [0, 0.1) is 23.2 Å². The molecule has 19 heavy (non-hydrogen) atoms. The minimum absolute atomic E-state index is 0.0895. The fourth-order valence-corrected chi connectivity index (χ4v) is 2.12. The molecule has 3 nitrogen and oxygen atoms in total. The van der Waals surface area contributed by atoms with Crippen LogP contribution < -0.4 is 5.32 Å². The summed E-state index contributed by atoms with van der Waals surface area (Å²) < 4.78 is 0. The molecule has 1 aromatic rings. The van der Waals surface area contributed by atoms with E-state index in [1.807, 2.05) is 5.38 Å². The molecule has 0 aliphatic heterocycles. The number of carbonyl (C=O) groups excluding carboxylic acids is 1. The SMILES string of the molecule is CC(CNC(=O)c1sccc1C#CCO)C(C)(C)C. The molecule has 0 bridgehead atoms. The van der Waals surface area contributed by atoms with E-state index in [4.69, 9.17) is 5.11 Å². The van der Waals surface area contributed by atoms with Gasteiger partial charge in [-0.15, -0.1) is 11.3 Å². The Bertz CT molecular complexity index is 488. The van der Waals surface area contributed by atoms with Crippen LogP contribution in [-0.2, 0) is 0 Å². The van der Waals surface area contributed by atoms with Crippen LogP contribution in [0.15, 0.2) is 11.4 Å². The van der Waals surface area contributed by atoms with Gasteiger partial charge < -0.3 is 10.4 Å².